The highest BCUT2D eigenvalue weighted by Gasteiger charge is 2.12. The molecule has 4 nitrogen and oxygen atoms in total. The summed E-state index contributed by atoms with van der Waals surface area (Å²) in [7, 11) is 3.16. The number of hydrogen-bond acceptors (Lipinski definition) is 4. The van der Waals surface area contributed by atoms with Crippen molar-refractivity contribution in [1.82, 2.24) is 0 Å². The lowest BCUT2D eigenvalue weighted by atomic mass is 10.1. The highest BCUT2D eigenvalue weighted by atomic mass is 16.5. The molecule has 1 aromatic heterocycles. The Labute approximate surface area is 127 Å². The van der Waals surface area contributed by atoms with Crippen LogP contribution in [0.4, 0.5) is 0 Å². The van der Waals surface area contributed by atoms with Crippen molar-refractivity contribution in [2.45, 2.75) is 6.92 Å². The summed E-state index contributed by atoms with van der Waals surface area (Å²) in [4.78, 5) is 12.3. The third-order valence-corrected chi connectivity index (χ3v) is 3.56. The van der Waals surface area contributed by atoms with Crippen LogP contribution in [0.3, 0.4) is 0 Å². The number of aryl methyl sites for hydroxylation is 1. The van der Waals surface area contributed by atoms with Gasteiger partial charge in [0.15, 0.2) is 5.43 Å². The molecular weight excluding hydrogens is 280 g/mol. The highest BCUT2D eigenvalue weighted by Crippen LogP contribution is 2.33. The molecule has 0 unspecified atom stereocenters. The lowest BCUT2D eigenvalue weighted by molar-refractivity contribution is 0.394. The van der Waals surface area contributed by atoms with Gasteiger partial charge in [-0.1, -0.05) is 11.6 Å². The normalized spacial score (nSPS) is 10.7. The predicted octanol–water partition coefficient (Wildman–Crippen LogP) is 3.79. The number of methoxy groups -OCH3 is 2. The maximum atomic E-state index is 12.3. The molecule has 0 aliphatic rings. The molecule has 0 fully saturated rings. The Bertz CT molecular complexity index is 893. The van der Waals surface area contributed by atoms with Crippen LogP contribution in [0.1, 0.15) is 5.56 Å². The number of benzene rings is 2. The van der Waals surface area contributed by atoms with Crippen LogP contribution in [0.15, 0.2) is 51.7 Å². The van der Waals surface area contributed by atoms with Crippen LogP contribution in [-0.4, -0.2) is 14.2 Å². The van der Waals surface area contributed by atoms with Crippen molar-refractivity contribution >= 4 is 11.0 Å². The molecule has 0 saturated heterocycles. The second kappa shape index (κ2) is 5.56. The molecule has 2 aromatic carbocycles. The summed E-state index contributed by atoms with van der Waals surface area (Å²) in [6, 6.07) is 12.4. The van der Waals surface area contributed by atoms with Crippen LogP contribution in [0, 0.1) is 6.92 Å². The van der Waals surface area contributed by atoms with Crippen LogP contribution in [0.2, 0.25) is 0 Å². The maximum absolute atomic E-state index is 12.3. The number of fused-ring (bicyclic) bond motifs is 1. The van der Waals surface area contributed by atoms with E-state index in [9.17, 15) is 4.79 Å². The minimum Gasteiger partial charge on any atom is -0.497 e. The Hall–Kier alpha value is -2.75. The van der Waals surface area contributed by atoms with E-state index < -0.39 is 0 Å². The third kappa shape index (κ3) is 2.44. The van der Waals surface area contributed by atoms with Gasteiger partial charge in [0, 0.05) is 12.1 Å². The quantitative estimate of drug-likeness (QED) is 0.738. The van der Waals surface area contributed by atoms with E-state index in [4.69, 9.17) is 13.9 Å². The largest absolute Gasteiger partial charge is 0.497 e. The van der Waals surface area contributed by atoms with E-state index in [0.717, 1.165) is 5.56 Å². The first-order valence-electron chi connectivity index (χ1n) is 6.89. The lowest BCUT2D eigenvalue weighted by Gasteiger charge is -2.10. The molecule has 22 heavy (non-hydrogen) atoms. The van der Waals surface area contributed by atoms with Crippen molar-refractivity contribution in [3.8, 4) is 22.8 Å². The van der Waals surface area contributed by atoms with Gasteiger partial charge in [-0.3, -0.25) is 4.79 Å². The number of rotatable bonds is 3. The molecular formula is C18H16O4. The summed E-state index contributed by atoms with van der Waals surface area (Å²) in [5, 5.41) is 0.580. The highest BCUT2D eigenvalue weighted by molar-refractivity contribution is 5.80. The van der Waals surface area contributed by atoms with Crippen LogP contribution in [-0.2, 0) is 0 Å². The van der Waals surface area contributed by atoms with E-state index >= 15 is 0 Å². The van der Waals surface area contributed by atoms with E-state index in [1.54, 1.807) is 26.4 Å². The van der Waals surface area contributed by atoms with E-state index in [2.05, 4.69) is 0 Å². The zero-order valence-electron chi connectivity index (χ0n) is 12.7. The first-order chi connectivity index (χ1) is 10.6. The summed E-state index contributed by atoms with van der Waals surface area (Å²) in [5.74, 6) is 1.74. The summed E-state index contributed by atoms with van der Waals surface area (Å²) < 4.78 is 16.4. The van der Waals surface area contributed by atoms with Crippen molar-refractivity contribution in [3.63, 3.8) is 0 Å². The van der Waals surface area contributed by atoms with Gasteiger partial charge in [-0.05, 0) is 31.2 Å². The summed E-state index contributed by atoms with van der Waals surface area (Å²) in [6.07, 6.45) is 0. The molecule has 3 rings (SSSR count). The lowest BCUT2D eigenvalue weighted by Crippen LogP contribution is -2.01. The molecule has 0 aliphatic carbocycles. The van der Waals surface area contributed by atoms with Crippen molar-refractivity contribution in [2.24, 2.45) is 0 Å². The predicted molar refractivity (Wildman–Crippen MR) is 85.8 cm³/mol. The van der Waals surface area contributed by atoms with Gasteiger partial charge in [-0.15, -0.1) is 0 Å². The topological polar surface area (TPSA) is 48.7 Å². The molecule has 0 aliphatic heterocycles. The van der Waals surface area contributed by atoms with Gasteiger partial charge in [-0.25, -0.2) is 0 Å². The molecule has 0 radical (unpaired) electrons. The Morgan fingerprint density at radius 2 is 1.77 bits per heavy atom. The molecule has 3 aromatic rings. The second-order valence-electron chi connectivity index (χ2n) is 5.04. The van der Waals surface area contributed by atoms with Crippen LogP contribution in [0.5, 0.6) is 11.5 Å². The van der Waals surface area contributed by atoms with Crippen molar-refractivity contribution in [1.29, 1.82) is 0 Å². The maximum Gasteiger partial charge on any atom is 0.193 e. The SMILES string of the molecule is COc1ccc(-c2cc(=O)c3cc(C)ccc3o2)c(OC)c1. The van der Waals surface area contributed by atoms with Gasteiger partial charge in [0.25, 0.3) is 0 Å². The third-order valence-electron chi connectivity index (χ3n) is 3.56. The fourth-order valence-corrected chi connectivity index (χ4v) is 2.40. The van der Waals surface area contributed by atoms with Crippen molar-refractivity contribution < 1.29 is 13.9 Å². The van der Waals surface area contributed by atoms with E-state index in [1.165, 1.54) is 6.07 Å². The minimum atomic E-state index is -0.0715. The Kier molecular flexibility index (Phi) is 3.59. The average molecular weight is 296 g/mol. The number of hydrogen-bond donors (Lipinski definition) is 0. The second-order valence-corrected chi connectivity index (χ2v) is 5.04. The van der Waals surface area contributed by atoms with Crippen molar-refractivity contribution in [2.75, 3.05) is 14.2 Å². The molecule has 0 bridgehead atoms. The first-order valence-corrected chi connectivity index (χ1v) is 6.89. The van der Waals surface area contributed by atoms with Crippen LogP contribution in [0.25, 0.3) is 22.3 Å². The molecule has 112 valence electrons. The molecule has 1 heterocycles. The van der Waals surface area contributed by atoms with E-state index in [0.29, 0.717) is 33.8 Å². The van der Waals surface area contributed by atoms with Gasteiger partial charge < -0.3 is 13.9 Å². The Morgan fingerprint density at radius 3 is 2.50 bits per heavy atom. The number of ether oxygens (including phenoxy) is 2. The molecule has 0 atom stereocenters. The molecule has 0 saturated carbocycles. The molecule has 4 heteroatoms. The van der Waals surface area contributed by atoms with Gasteiger partial charge >= 0.3 is 0 Å². The van der Waals surface area contributed by atoms with E-state index in [-0.39, 0.29) is 5.43 Å². The molecule has 0 amide bonds. The fraction of sp³-hybridized carbons (Fsp3) is 0.167. The zero-order valence-corrected chi connectivity index (χ0v) is 12.7. The Balaban J connectivity index is 2.22. The monoisotopic (exact) mass is 296 g/mol. The van der Waals surface area contributed by atoms with E-state index in [1.807, 2.05) is 31.2 Å². The van der Waals surface area contributed by atoms with Gasteiger partial charge in [0.1, 0.15) is 22.8 Å². The smallest absolute Gasteiger partial charge is 0.193 e. The summed E-state index contributed by atoms with van der Waals surface area (Å²) in [6.45, 7) is 1.94. The van der Waals surface area contributed by atoms with Gasteiger partial charge in [-0.2, -0.15) is 0 Å². The standard InChI is InChI=1S/C18H16O4/c1-11-4-7-16-14(8-11)15(19)10-18(22-16)13-6-5-12(20-2)9-17(13)21-3/h4-10H,1-3H3. The Morgan fingerprint density at radius 1 is 0.955 bits per heavy atom. The first kappa shape index (κ1) is 14.2. The summed E-state index contributed by atoms with van der Waals surface area (Å²) in [5.41, 5.74) is 2.22. The van der Waals surface area contributed by atoms with Crippen LogP contribution >= 0.6 is 0 Å². The van der Waals surface area contributed by atoms with Crippen LogP contribution < -0.4 is 14.9 Å². The fourth-order valence-electron chi connectivity index (χ4n) is 2.40. The van der Waals surface area contributed by atoms with Crippen molar-refractivity contribution in [3.05, 3.63) is 58.3 Å². The average Bonchev–Trinajstić information content (AvgIpc) is 2.54. The molecule has 0 N–H and O–H groups in total. The zero-order chi connectivity index (χ0) is 15.7. The molecule has 0 spiro atoms. The van der Waals surface area contributed by atoms with Gasteiger partial charge in [0.05, 0.1) is 25.2 Å². The minimum absolute atomic E-state index is 0.0715. The van der Waals surface area contributed by atoms with Gasteiger partial charge in [0.2, 0.25) is 0 Å². The summed E-state index contributed by atoms with van der Waals surface area (Å²) >= 11 is 0.